The van der Waals surface area contributed by atoms with Gasteiger partial charge in [-0.05, 0) is 35.4 Å². The van der Waals surface area contributed by atoms with Gasteiger partial charge < -0.3 is 9.64 Å². The molecule has 0 saturated carbocycles. The summed E-state index contributed by atoms with van der Waals surface area (Å²) in [6.07, 6.45) is 4.88. The predicted molar refractivity (Wildman–Crippen MR) is 123 cm³/mol. The number of fused-ring (bicyclic) bond motifs is 2. The Morgan fingerprint density at radius 2 is 2.03 bits per heavy atom. The van der Waals surface area contributed by atoms with Gasteiger partial charge in [0.05, 0.1) is 24.0 Å². The fourth-order valence-corrected chi connectivity index (χ4v) is 4.77. The molecule has 0 radical (unpaired) electrons. The van der Waals surface area contributed by atoms with E-state index in [0.717, 1.165) is 21.9 Å². The van der Waals surface area contributed by atoms with Crippen LogP contribution in [0.15, 0.2) is 59.9 Å². The Hall–Kier alpha value is -3.91. The molecule has 0 bridgehead atoms. The van der Waals surface area contributed by atoms with Crippen LogP contribution < -0.4 is 20.2 Å². The molecule has 4 heterocycles. The molecule has 0 N–H and O–H groups in total. The van der Waals surface area contributed by atoms with Gasteiger partial charge in [-0.1, -0.05) is 18.2 Å². The first-order chi connectivity index (χ1) is 16.5. The first-order valence-electron chi connectivity index (χ1n) is 11.2. The molecule has 0 spiro atoms. The molecule has 0 unspecified atom stereocenters. The second-order valence-corrected chi connectivity index (χ2v) is 8.76. The molecule has 0 aliphatic carbocycles. The van der Waals surface area contributed by atoms with E-state index < -0.39 is 0 Å². The van der Waals surface area contributed by atoms with Crippen molar-refractivity contribution in [3.05, 3.63) is 76.8 Å². The summed E-state index contributed by atoms with van der Waals surface area (Å²) in [7, 11) is 0. The summed E-state index contributed by atoms with van der Waals surface area (Å²) in [5.41, 5.74) is 3.18. The van der Waals surface area contributed by atoms with Crippen LogP contribution in [0.4, 0.5) is 10.1 Å². The molecular weight excluding hydrogens is 435 g/mol. The van der Waals surface area contributed by atoms with E-state index in [1.807, 2.05) is 18.2 Å². The van der Waals surface area contributed by atoms with E-state index in [1.54, 1.807) is 29.4 Å². The molecule has 2 amide bonds. The molecule has 3 aromatic rings. The standard InChI is InChI=1S/C26H21FN4O3/c27-20-3-1-2-16(8-20)13-30-14-19(15-30)26(33)31-6-7-34-25-21(11-28-12-23(25)31)17-4-5-22-18(9-17)10-24(32)29-22/h1-5,8-12,19H,6-7,13-15H2. The van der Waals surface area contributed by atoms with Crippen molar-refractivity contribution in [1.29, 1.82) is 0 Å². The van der Waals surface area contributed by atoms with Gasteiger partial charge in [0.1, 0.15) is 18.1 Å². The molecule has 8 heteroatoms. The van der Waals surface area contributed by atoms with Crippen molar-refractivity contribution in [3.63, 3.8) is 0 Å². The molecule has 1 saturated heterocycles. The van der Waals surface area contributed by atoms with Crippen LogP contribution in [0.3, 0.4) is 0 Å². The molecule has 6 rings (SSSR count). The fraction of sp³-hybridized carbons (Fsp3) is 0.231. The maximum atomic E-state index is 13.4. The highest BCUT2D eigenvalue weighted by atomic mass is 19.1. The summed E-state index contributed by atoms with van der Waals surface area (Å²) in [6, 6.07) is 12.1. The minimum absolute atomic E-state index is 0.0469. The van der Waals surface area contributed by atoms with Crippen LogP contribution in [0.5, 0.6) is 5.75 Å². The largest absolute Gasteiger partial charge is 0.489 e. The van der Waals surface area contributed by atoms with E-state index in [-0.39, 0.29) is 23.5 Å². The van der Waals surface area contributed by atoms with Gasteiger partial charge >= 0.3 is 0 Å². The number of pyridine rings is 1. The molecule has 1 fully saturated rings. The monoisotopic (exact) mass is 456 g/mol. The molecule has 170 valence electrons. The molecule has 2 aromatic carbocycles. The maximum absolute atomic E-state index is 13.4. The Labute approximate surface area is 194 Å². The number of nitrogens with zero attached hydrogens (tertiary/aromatic N) is 4. The lowest BCUT2D eigenvalue weighted by Gasteiger charge is -2.41. The second kappa shape index (κ2) is 8.14. The predicted octanol–water partition coefficient (Wildman–Crippen LogP) is 1.69. The fourth-order valence-electron chi connectivity index (χ4n) is 4.77. The van der Waals surface area contributed by atoms with Gasteiger partial charge in [-0.3, -0.25) is 19.5 Å². The molecule has 34 heavy (non-hydrogen) atoms. The Balaban J connectivity index is 1.22. The van der Waals surface area contributed by atoms with Crippen LogP contribution in [0.2, 0.25) is 0 Å². The first kappa shape index (κ1) is 20.7. The number of rotatable bonds is 4. The van der Waals surface area contributed by atoms with Gasteiger partial charge in [-0.15, -0.1) is 0 Å². The van der Waals surface area contributed by atoms with Gasteiger partial charge in [0, 0.05) is 42.7 Å². The number of amides is 2. The number of hydrogen-bond donors (Lipinski definition) is 0. The number of benzene rings is 2. The lowest BCUT2D eigenvalue weighted by atomic mass is 9.96. The Morgan fingerprint density at radius 3 is 2.88 bits per heavy atom. The van der Waals surface area contributed by atoms with Gasteiger partial charge in [-0.2, -0.15) is 0 Å². The normalized spacial score (nSPS) is 17.2. The summed E-state index contributed by atoms with van der Waals surface area (Å²) >= 11 is 0. The van der Waals surface area contributed by atoms with Gasteiger partial charge in [0.15, 0.2) is 5.75 Å². The van der Waals surface area contributed by atoms with Crippen LogP contribution >= 0.6 is 0 Å². The lowest BCUT2D eigenvalue weighted by Crippen LogP contribution is -2.55. The van der Waals surface area contributed by atoms with Crippen LogP contribution in [0.25, 0.3) is 17.2 Å². The van der Waals surface area contributed by atoms with E-state index >= 15 is 0 Å². The van der Waals surface area contributed by atoms with Crippen LogP contribution in [0.1, 0.15) is 5.56 Å². The van der Waals surface area contributed by atoms with Crippen molar-refractivity contribution in [2.75, 3.05) is 31.1 Å². The van der Waals surface area contributed by atoms with E-state index in [2.05, 4.69) is 14.9 Å². The lowest BCUT2D eigenvalue weighted by molar-refractivity contribution is -0.128. The highest BCUT2D eigenvalue weighted by Crippen LogP contribution is 2.40. The number of ether oxygens (including phenoxy) is 1. The zero-order valence-electron chi connectivity index (χ0n) is 18.3. The molecule has 3 aliphatic rings. The number of likely N-dealkylation sites (tertiary alicyclic amines) is 1. The van der Waals surface area contributed by atoms with Crippen molar-refractivity contribution < 1.29 is 18.7 Å². The quantitative estimate of drug-likeness (QED) is 0.597. The average Bonchev–Trinajstić information content (AvgIpc) is 3.19. The molecule has 0 atom stereocenters. The summed E-state index contributed by atoms with van der Waals surface area (Å²) in [5, 5.41) is 1.41. The van der Waals surface area contributed by atoms with Crippen molar-refractivity contribution in [3.8, 4) is 16.9 Å². The Morgan fingerprint density at radius 1 is 1.15 bits per heavy atom. The molecule has 7 nitrogen and oxygen atoms in total. The highest BCUT2D eigenvalue weighted by molar-refractivity contribution is 6.06. The van der Waals surface area contributed by atoms with E-state index in [4.69, 9.17) is 4.74 Å². The molecule has 3 aliphatic heterocycles. The summed E-state index contributed by atoms with van der Waals surface area (Å²) in [6.45, 7) is 2.74. The zero-order chi connectivity index (χ0) is 23.2. The number of hydrogen-bond acceptors (Lipinski definition) is 5. The molecule has 1 aromatic heterocycles. The van der Waals surface area contributed by atoms with Crippen molar-refractivity contribution in [2.24, 2.45) is 10.9 Å². The van der Waals surface area contributed by atoms with E-state index in [9.17, 15) is 14.0 Å². The summed E-state index contributed by atoms with van der Waals surface area (Å²) in [4.78, 5) is 37.2. The zero-order valence-corrected chi connectivity index (χ0v) is 18.3. The van der Waals surface area contributed by atoms with Gasteiger partial charge in [0.25, 0.3) is 5.91 Å². The Bertz CT molecular complexity index is 1450. The van der Waals surface area contributed by atoms with Crippen LogP contribution in [-0.4, -0.2) is 47.9 Å². The van der Waals surface area contributed by atoms with Crippen molar-refractivity contribution in [2.45, 2.75) is 6.54 Å². The summed E-state index contributed by atoms with van der Waals surface area (Å²) in [5.74, 6) is 0.0317. The number of aromatic nitrogens is 1. The Kier molecular flexibility index (Phi) is 4.95. The van der Waals surface area contributed by atoms with E-state index in [1.165, 1.54) is 18.2 Å². The highest BCUT2D eigenvalue weighted by Gasteiger charge is 2.38. The number of carbonyl (C=O) groups is 2. The van der Waals surface area contributed by atoms with Crippen molar-refractivity contribution >= 4 is 23.6 Å². The average molecular weight is 456 g/mol. The minimum atomic E-state index is -0.264. The number of anilines is 1. The third-order valence-electron chi connectivity index (χ3n) is 6.45. The van der Waals surface area contributed by atoms with Crippen LogP contribution in [-0.2, 0) is 16.1 Å². The number of carbonyl (C=O) groups excluding carboxylic acids is 2. The van der Waals surface area contributed by atoms with E-state index in [0.29, 0.717) is 49.6 Å². The SMILES string of the molecule is O=C1C=c2cc(-c3cncc4c3OCCN4C(=O)C3CN(Cc4cccc(F)c4)C3)ccc2=N1. The van der Waals surface area contributed by atoms with Gasteiger partial charge in [-0.25, -0.2) is 9.38 Å². The third kappa shape index (κ3) is 3.66. The summed E-state index contributed by atoms with van der Waals surface area (Å²) < 4.78 is 19.4. The third-order valence-corrected chi connectivity index (χ3v) is 6.45. The first-order valence-corrected chi connectivity index (χ1v) is 11.2. The number of halogens is 1. The smallest absolute Gasteiger partial charge is 0.270 e. The van der Waals surface area contributed by atoms with Crippen molar-refractivity contribution in [1.82, 2.24) is 9.88 Å². The van der Waals surface area contributed by atoms with Crippen LogP contribution in [0, 0.1) is 11.7 Å². The maximum Gasteiger partial charge on any atom is 0.270 e. The minimum Gasteiger partial charge on any atom is -0.489 e. The molecular formula is C26H21FN4O3. The second-order valence-electron chi connectivity index (χ2n) is 8.76. The van der Waals surface area contributed by atoms with Gasteiger partial charge in [0.2, 0.25) is 5.91 Å². The topological polar surface area (TPSA) is 75.1 Å².